The summed E-state index contributed by atoms with van der Waals surface area (Å²) in [5.41, 5.74) is 0.232. The van der Waals surface area contributed by atoms with Gasteiger partial charge in [-0.05, 0) is 26.1 Å². The van der Waals surface area contributed by atoms with Crippen LogP contribution < -0.4 is 0 Å². The Bertz CT molecular complexity index is 634. The standard InChI is InChI=1S/C15H17F4N3/c1-3-22-9-11(7-20-22)8-21(2)10-12-4-5-13(6-14(12)16)15(17,18)19/h4-7,9H,3,8,10H2,1-2H3. The minimum absolute atomic E-state index is 0.223. The lowest BCUT2D eigenvalue weighted by Crippen LogP contribution is -2.18. The molecule has 22 heavy (non-hydrogen) atoms. The highest BCUT2D eigenvalue weighted by atomic mass is 19.4. The quantitative estimate of drug-likeness (QED) is 0.785. The van der Waals surface area contributed by atoms with E-state index in [4.69, 9.17) is 0 Å². The summed E-state index contributed by atoms with van der Waals surface area (Å²) >= 11 is 0. The zero-order valence-corrected chi connectivity index (χ0v) is 12.4. The van der Waals surface area contributed by atoms with Gasteiger partial charge in [0.15, 0.2) is 0 Å². The molecule has 0 atom stereocenters. The Morgan fingerprint density at radius 2 is 1.95 bits per heavy atom. The fourth-order valence-electron chi connectivity index (χ4n) is 2.17. The fraction of sp³-hybridized carbons (Fsp3) is 0.400. The largest absolute Gasteiger partial charge is 0.416 e. The molecular weight excluding hydrogens is 298 g/mol. The molecule has 0 fully saturated rings. The van der Waals surface area contributed by atoms with E-state index in [0.717, 1.165) is 18.2 Å². The summed E-state index contributed by atoms with van der Waals surface area (Å²) in [6.45, 7) is 3.50. The Kier molecular flexibility index (Phi) is 4.85. The highest BCUT2D eigenvalue weighted by Crippen LogP contribution is 2.30. The molecule has 2 aromatic rings. The highest BCUT2D eigenvalue weighted by Gasteiger charge is 2.31. The Hall–Kier alpha value is -1.89. The van der Waals surface area contributed by atoms with Crippen molar-refractivity contribution in [3.63, 3.8) is 0 Å². The number of alkyl halides is 3. The minimum atomic E-state index is -4.53. The Morgan fingerprint density at radius 3 is 2.50 bits per heavy atom. The highest BCUT2D eigenvalue weighted by molar-refractivity contribution is 5.26. The van der Waals surface area contributed by atoms with Crippen LogP contribution in [0.15, 0.2) is 30.6 Å². The van der Waals surface area contributed by atoms with Gasteiger partial charge < -0.3 is 0 Å². The van der Waals surface area contributed by atoms with Gasteiger partial charge in [0.25, 0.3) is 0 Å². The van der Waals surface area contributed by atoms with Gasteiger partial charge in [0, 0.05) is 37.0 Å². The molecule has 0 saturated heterocycles. The molecule has 0 spiro atoms. The number of halogens is 4. The van der Waals surface area contributed by atoms with Crippen molar-refractivity contribution in [1.29, 1.82) is 0 Å². The van der Waals surface area contributed by atoms with Crippen molar-refractivity contribution < 1.29 is 17.6 Å². The molecule has 0 aliphatic carbocycles. The molecule has 0 radical (unpaired) electrons. The third kappa shape index (κ3) is 4.07. The van der Waals surface area contributed by atoms with Gasteiger partial charge in [0.2, 0.25) is 0 Å². The zero-order chi connectivity index (χ0) is 16.3. The summed E-state index contributed by atoms with van der Waals surface area (Å²) in [4.78, 5) is 1.82. The van der Waals surface area contributed by atoms with E-state index in [1.165, 1.54) is 6.07 Å². The van der Waals surface area contributed by atoms with E-state index in [1.807, 2.05) is 18.0 Å². The number of nitrogens with zero attached hydrogens (tertiary/aromatic N) is 3. The van der Waals surface area contributed by atoms with Crippen LogP contribution in [0.25, 0.3) is 0 Å². The van der Waals surface area contributed by atoms with Gasteiger partial charge in [-0.2, -0.15) is 18.3 Å². The maximum Gasteiger partial charge on any atom is 0.416 e. The minimum Gasteiger partial charge on any atom is -0.298 e. The Morgan fingerprint density at radius 1 is 1.23 bits per heavy atom. The molecule has 0 aliphatic rings. The van der Waals surface area contributed by atoms with Crippen molar-refractivity contribution in [1.82, 2.24) is 14.7 Å². The molecule has 0 aliphatic heterocycles. The number of benzene rings is 1. The molecular formula is C15H17F4N3. The SMILES string of the molecule is CCn1cc(CN(C)Cc2ccc(C(F)(F)F)cc2F)cn1. The van der Waals surface area contributed by atoms with Crippen LogP contribution in [-0.2, 0) is 25.8 Å². The van der Waals surface area contributed by atoms with Gasteiger partial charge in [-0.15, -0.1) is 0 Å². The van der Waals surface area contributed by atoms with Crippen molar-refractivity contribution in [3.05, 3.63) is 53.1 Å². The molecule has 3 nitrogen and oxygen atoms in total. The van der Waals surface area contributed by atoms with Crippen LogP contribution in [-0.4, -0.2) is 21.7 Å². The lowest BCUT2D eigenvalue weighted by Gasteiger charge is -2.17. The van der Waals surface area contributed by atoms with Crippen molar-refractivity contribution in [3.8, 4) is 0 Å². The third-order valence-electron chi connectivity index (χ3n) is 3.28. The molecule has 7 heteroatoms. The van der Waals surface area contributed by atoms with Gasteiger partial charge in [0.05, 0.1) is 11.8 Å². The second-order valence-electron chi connectivity index (χ2n) is 5.18. The third-order valence-corrected chi connectivity index (χ3v) is 3.28. The monoisotopic (exact) mass is 315 g/mol. The molecule has 0 unspecified atom stereocenters. The summed E-state index contributed by atoms with van der Waals surface area (Å²) in [7, 11) is 1.78. The van der Waals surface area contributed by atoms with E-state index in [1.54, 1.807) is 17.9 Å². The van der Waals surface area contributed by atoms with Gasteiger partial charge >= 0.3 is 6.18 Å². The Labute approximate surface area is 126 Å². The van der Waals surface area contributed by atoms with Gasteiger partial charge in [-0.3, -0.25) is 9.58 Å². The van der Waals surface area contributed by atoms with E-state index < -0.39 is 17.6 Å². The van der Waals surface area contributed by atoms with Crippen LogP contribution in [0.1, 0.15) is 23.6 Å². The molecule has 2 rings (SSSR count). The lowest BCUT2D eigenvalue weighted by molar-refractivity contribution is -0.137. The lowest BCUT2D eigenvalue weighted by atomic mass is 10.1. The molecule has 1 aromatic carbocycles. The van der Waals surface area contributed by atoms with Gasteiger partial charge in [-0.25, -0.2) is 4.39 Å². The summed E-state index contributed by atoms with van der Waals surface area (Å²) in [5, 5.41) is 4.14. The van der Waals surface area contributed by atoms with E-state index >= 15 is 0 Å². The fourth-order valence-corrected chi connectivity index (χ4v) is 2.17. The molecule has 1 aromatic heterocycles. The average molecular weight is 315 g/mol. The van der Waals surface area contributed by atoms with Crippen molar-refractivity contribution in [2.45, 2.75) is 32.7 Å². The topological polar surface area (TPSA) is 21.1 Å². The van der Waals surface area contributed by atoms with Crippen LogP contribution in [0, 0.1) is 5.82 Å². The maximum atomic E-state index is 13.8. The number of hydrogen-bond acceptors (Lipinski definition) is 2. The Balaban J connectivity index is 2.03. The van der Waals surface area contributed by atoms with Crippen molar-refractivity contribution in [2.24, 2.45) is 0 Å². The number of rotatable bonds is 5. The predicted molar refractivity (Wildman–Crippen MR) is 74.5 cm³/mol. The second kappa shape index (κ2) is 6.48. The second-order valence-corrected chi connectivity index (χ2v) is 5.18. The average Bonchev–Trinajstić information content (AvgIpc) is 2.87. The summed E-state index contributed by atoms with van der Waals surface area (Å²) in [6.07, 6.45) is -0.914. The molecule has 0 amide bonds. The number of aromatic nitrogens is 2. The first-order valence-electron chi connectivity index (χ1n) is 6.85. The molecule has 0 N–H and O–H groups in total. The van der Waals surface area contributed by atoms with E-state index in [2.05, 4.69) is 5.10 Å². The van der Waals surface area contributed by atoms with Crippen LogP contribution in [0.2, 0.25) is 0 Å². The van der Waals surface area contributed by atoms with E-state index in [9.17, 15) is 17.6 Å². The first-order valence-corrected chi connectivity index (χ1v) is 6.85. The number of aryl methyl sites for hydroxylation is 1. The molecule has 0 saturated carbocycles. The van der Waals surface area contributed by atoms with Gasteiger partial charge in [0.1, 0.15) is 5.82 Å². The predicted octanol–water partition coefficient (Wildman–Crippen LogP) is 3.69. The molecule has 1 heterocycles. The normalized spacial score (nSPS) is 12.1. The van der Waals surface area contributed by atoms with Crippen molar-refractivity contribution >= 4 is 0 Å². The summed E-state index contributed by atoms with van der Waals surface area (Å²) in [5.74, 6) is -0.842. The van der Waals surface area contributed by atoms with Gasteiger partial charge in [-0.1, -0.05) is 6.07 Å². The first kappa shape index (κ1) is 16.5. The van der Waals surface area contributed by atoms with Crippen molar-refractivity contribution in [2.75, 3.05) is 7.05 Å². The summed E-state index contributed by atoms with van der Waals surface area (Å²) < 4.78 is 53.1. The van der Waals surface area contributed by atoms with Crippen LogP contribution in [0.3, 0.4) is 0 Å². The maximum absolute atomic E-state index is 13.8. The van der Waals surface area contributed by atoms with Crippen LogP contribution >= 0.6 is 0 Å². The summed E-state index contributed by atoms with van der Waals surface area (Å²) in [6, 6.07) is 2.63. The van der Waals surface area contributed by atoms with E-state index in [-0.39, 0.29) is 12.1 Å². The van der Waals surface area contributed by atoms with Crippen LogP contribution in [0.4, 0.5) is 17.6 Å². The molecule has 120 valence electrons. The number of hydrogen-bond donors (Lipinski definition) is 0. The van der Waals surface area contributed by atoms with Crippen LogP contribution in [0.5, 0.6) is 0 Å². The first-order chi connectivity index (χ1) is 10.3. The van der Waals surface area contributed by atoms with E-state index in [0.29, 0.717) is 12.6 Å². The molecule has 0 bridgehead atoms. The zero-order valence-electron chi connectivity index (χ0n) is 12.4. The smallest absolute Gasteiger partial charge is 0.298 e.